The minimum Gasteiger partial charge on any atom is -0.462 e. The van der Waals surface area contributed by atoms with E-state index in [-0.39, 0.29) is 29.7 Å². The molecule has 6 nitrogen and oxygen atoms in total. The first-order chi connectivity index (χ1) is 16.1. The highest BCUT2D eigenvalue weighted by Crippen LogP contribution is 2.32. The van der Waals surface area contributed by atoms with Gasteiger partial charge in [0.25, 0.3) is 0 Å². The molecule has 0 aliphatic rings. The van der Waals surface area contributed by atoms with Gasteiger partial charge in [0.1, 0.15) is 5.69 Å². The maximum atomic E-state index is 13.5. The number of amides is 1. The van der Waals surface area contributed by atoms with Gasteiger partial charge in [0.2, 0.25) is 11.8 Å². The average Bonchev–Trinajstić information content (AvgIpc) is 3.25. The predicted molar refractivity (Wildman–Crippen MR) is 126 cm³/mol. The van der Waals surface area contributed by atoms with Crippen molar-refractivity contribution in [2.75, 3.05) is 11.9 Å². The Morgan fingerprint density at radius 1 is 0.939 bits per heavy atom. The van der Waals surface area contributed by atoms with Crippen LogP contribution in [0.5, 0.6) is 0 Å². The average molecular weight is 461 g/mol. The van der Waals surface area contributed by atoms with Gasteiger partial charge in [-0.25, -0.2) is 4.79 Å². The van der Waals surface area contributed by atoms with Crippen LogP contribution in [0, 0.1) is 0 Å². The van der Waals surface area contributed by atoms with Crippen molar-refractivity contribution in [1.82, 2.24) is 5.16 Å². The largest absolute Gasteiger partial charge is 0.462 e. The van der Waals surface area contributed by atoms with Crippen molar-refractivity contribution in [2.24, 2.45) is 0 Å². The van der Waals surface area contributed by atoms with E-state index >= 15 is 0 Å². The molecule has 1 N–H and O–H groups in total. The molecule has 4 rings (SSSR count). The van der Waals surface area contributed by atoms with Gasteiger partial charge in [-0.05, 0) is 30.2 Å². The van der Waals surface area contributed by atoms with Crippen molar-refractivity contribution >= 4 is 29.4 Å². The number of aromatic nitrogens is 1. The smallest absolute Gasteiger partial charge is 0.346 e. The van der Waals surface area contributed by atoms with Crippen LogP contribution in [0.3, 0.4) is 0 Å². The Labute approximate surface area is 196 Å². The predicted octanol–water partition coefficient (Wildman–Crippen LogP) is 5.94. The topological polar surface area (TPSA) is 81.4 Å². The molecule has 0 saturated heterocycles. The zero-order valence-corrected chi connectivity index (χ0v) is 18.6. The quantitative estimate of drug-likeness (QED) is 0.345. The van der Waals surface area contributed by atoms with Gasteiger partial charge in [-0.15, -0.1) is 0 Å². The third-order valence-electron chi connectivity index (χ3n) is 5.05. The molecule has 1 aromatic heterocycles. The highest BCUT2D eigenvalue weighted by atomic mass is 35.5. The number of carbonyl (C=O) groups excluding carboxylic acids is 2. The lowest BCUT2D eigenvalue weighted by molar-refractivity contribution is -0.116. The number of esters is 1. The van der Waals surface area contributed by atoms with E-state index < -0.39 is 11.9 Å². The molecule has 4 aromatic rings. The van der Waals surface area contributed by atoms with Gasteiger partial charge in [-0.1, -0.05) is 89.6 Å². The van der Waals surface area contributed by atoms with E-state index in [1.54, 1.807) is 31.2 Å². The molecule has 0 radical (unpaired) electrons. The molecule has 3 aromatic carbocycles. The Morgan fingerprint density at radius 2 is 1.52 bits per heavy atom. The standard InChI is InChI=1S/C26H21ClN2O4/c1-2-32-26(31)22-23(19-13-15-20(27)16-14-19)29-33-25(22)28-24(30)21(17-9-5-3-6-10-17)18-11-7-4-8-12-18/h3-16,21H,2H2,1H3,(H,28,30). The Morgan fingerprint density at radius 3 is 2.06 bits per heavy atom. The number of benzene rings is 3. The molecule has 0 fully saturated rings. The molecule has 7 heteroatoms. The minimum absolute atomic E-state index is 0.0485. The van der Waals surface area contributed by atoms with Gasteiger partial charge in [0.05, 0.1) is 12.5 Å². The molecule has 1 amide bonds. The van der Waals surface area contributed by atoms with Crippen molar-refractivity contribution in [3.8, 4) is 11.3 Å². The van der Waals surface area contributed by atoms with E-state index in [0.29, 0.717) is 10.6 Å². The van der Waals surface area contributed by atoms with Crippen molar-refractivity contribution in [2.45, 2.75) is 12.8 Å². The number of ether oxygens (including phenoxy) is 1. The number of nitrogens with zero attached hydrogens (tertiary/aromatic N) is 1. The molecule has 0 bridgehead atoms. The molecule has 33 heavy (non-hydrogen) atoms. The number of nitrogens with one attached hydrogen (secondary N) is 1. The zero-order chi connectivity index (χ0) is 23.2. The molecule has 0 aliphatic carbocycles. The third kappa shape index (κ3) is 4.96. The zero-order valence-electron chi connectivity index (χ0n) is 17.8. The second-order valence-electron chi connectivity index (χ2n) is 7.21. The van der Waals surface area contributed by atoms with Crippen LogP contribution in [-0.4, -0.2) is 23.6 Å². The SMILES string of the molecule is CCOC(=O)c1c(-c2ccc(Cl)cc2)noc1NC(=O)C(c1ccccc1)c1ccccc1. The summed E-state index contributed by atoms with van der Waals surface area (Å²) in [7, 11) is 0. The van der Waals surface area contributed by atoms with E-state index in [0.717, 1.165) is 11.1 Å². The Kier molecular flexibility index (Phi) is 6.86. The van der Waals surface area contributed by atoms with Crippen LogP contribution in [0.15, 0.2) is 89.5 Å². The summed E-state index contributed by atoms with van der Waals surface area (Å²) in [4.78, 5) is 26.2. The van der Waals surface area contributed by atoms with Crippen LogP contribution >= 0.6 is 11.6 Å². The lowest BCUT2D eigenvalue weighted by Crippen LogP contribution is -2.23. The molecule has 0 saturated carbocycles. The number of rotatable bonds is 7. The van der Waals surface area contributed by atoms with Crippen molar-refractivity contribution in [3.05, 3.63) is 107 Å². The van der Waals surface area contributed by atoms with Crippen molar-refractivity contribution < 1.29 is 18.8 Å². The van der Waals surface area contributed by atoms with Crippen LogP contribution in [0.2, 0.25) is 5.02 Å². The second kappa shape index (κ2) is 10.1. The van der Waals surface area contributed by atoms with Crippen LogP contribution in [0.1, 0.15) is 34.3 Å². The van der Waals surface area contributed by atoms with Gasteiger partial charge in [0.15, 0.2) is 5.56 Å². The molecular formula is C26H21ClN2O4. The van der Waals surface area contributed by atoms with Crippen LogP contribution < -0.4 is 5.32 Å². The van der Waals surface area contributed by atoms with E-state index in [1.807, 2.05) is 60.7 Å². The van der Waals surface area contributed by atoms with E-state index in [2.05, 4.69) is 10.5 Å². The maximum absolute atomic E-state index is 13.5. The fourth-order valence-corrected chi connectivity index (χ4v) is 3.67. The summed E-state index contributed by atoms with van der Waals surface area (Å²) in [5.41, 5.74) is 2.52. The summed E-state index contributed by atoms with van der Waals surface area (Å²) in [6.07, 6.45) is 0. The van der Waals surface area contributed by atoms with Gasteiger partial charge < -0.3 is 9.26 Å². The molecule has 166 valence electrons. The molecular weight excluding hydrogens is 440 g/mol. The van der Waals surface area contributed by atoms with Gasteiger partial charge in [-0.2, -0.15) is 0 Å². The fourth-order valence-electron chi connectivity index (χ4n) is 3.54. The first-order valence-electron chi connectivity index (χ1n) is 10.4. The van der Waals surface area contributed by atoms with Crippen molar-refractivity contribution in [3.63, 3.8) is 0 Å². The number of hydrogen-bond donors (Lipinski definition) is 1. The highest BCUT2D eigenvalue weighted by molar-refractivity contribution is 6.30. The Balaban J connectivity index is 1.73. The van der Waals surface area contributed by atoms with Crippen LogP contribution in [-0.2, 0) is 9.53 Å². The Hall–Kier alpha value is -3.90. The molecule has 0 spiro atoms. The minimum atomic E-state index is -0.644. The normalized spacial score (nSPS) is 10.8. The first-order valence-corrected chi connectivity index (χ1v) is 10.8. The number of hydrogen-bond acceptors (Lipinski definition) is 5. The number of halogens is 1. The molecule has 0 aliphatic heterocycles. The molecule has 0 unspecified atom stereocenters. The Bertz CT molecular complexity index is 1200. The van der Waals surface area contributed by atoms with Gasteiger partial charge >= 0.3 is 5.97 Å². The lowest BCUT2D eigenvalue weighted by atomic mass is 9.90. The third-order valence-corrected chi connectivity index (χ3v) is 5.31. The summed E-state index contributed by atoms with van der Waals surface area (Å²) < 4.78 is 10.6. The van der Waals surface area contributed by atoms with Crippen LogP contribution in [0.25, 0.3) is 11.3 Å². The maximum Gasteiger partial charge on any atom is 0.346 e. The number of anilines is 1. The van der Waals surface area contributed by atoms with E-state index in [4.69, 9.17) is 20.9 Å². The number of carbonyl (C=O) groups is 2. The second-order valence-corrected chi connectivity index (χ2v) is 7.64. The summed E-state index contributed by atoms with van der Waals surface area (Å²) in [6, 6.07) is 25.6. The first kappa shape index (κ1) is 22.3. The van der Waals surface area contributed by atoms with Crippen LogP contribution in [0.4, 0.5) is 5.88 Å². The summed E-state index contributed by atoms with van der Waals surface area (Å²) in [5.74, 6) is -1.70. The van der Waals surface area contributed by atoms with Gasteiger partial charge in [0, 0.05) is 10.6 Å². The lowest BCUT2D eigenvalue weighted by Gasteiger charge is -2.17. The monoisotopic (exact) mass is 460 g/mol. The van der Waals surface area contributed by atoms with E-state index in [9.17, 15) is 9.59 Å². The molecule has 1 heterocycles. The van der Waals surface area contributed by atoms with Crippen molar-refractivity contribution in [1.29, 1.82) is 0 Å². The highest BCUT2D eigenvalue weighted by Gasteiger charge is 2.30. The fraction of sp³-hybridized carbons (Fsp3) is 0.115. The van der Waals surface area contributed by atoms with E-state index in [1.165, 1.54) is 0 Å². The van der Waals surface area contributed by atoms with Gasteiger partial charge in [-0.3, -0.25) is 10.1 Å². The molecule has 0 atom stereocenters. The summed E-state index contributed by atoms with van der Waals surface area (Å²) in [6.45, 7) is 1.86. The summed E-state index contributed by atoms with van der Waals surface area (Å²) >= 11 is 5.98. The summed E-state index contributed by atoms with van der Waals surface area (Å²) in [5, 5.41) is 7.34.